The number of hydrogen-bond acceptors (Lipinski definition) is 4. The molecular formula is C22H34N2O4. The summed E-state index contributed by atoms with van der Waals surface area (Å²) < 4.78 is 11.0. The Labute approximate surface area is 168 Å². The van der Waals surface area contributed by atoms with E-state index in [2.05, 4.69) is 17.6 Å². The number of carbonyl (C=O) groups is 2. The number of anilines is 1. The maximum Gasteiger partial charge on any atom is 0.246 e. The van der Waals surface area contributed by atoms with Crippen LogP contribution in [0.1, 0.15) is 65.2 Å². The van der Waals surface area contributed by atoms with E-state index in [0.717, 1.165) is 25.7 Å². The van der Waals surface area contributed by atoms with Crippen molar-refractivity contribution in [3.8, 4) is 11.5 Å². The lowest BCUT2D eigenvalue weighted by Gasteiger charge is -2.22. The maximum atomic E-state index is 12.6. The topological polar surface area (TPSA) is 76.7 Å². The molecule has 1 aliphatic carbocycles. The number of nitrogens with one attached hydrogen (secondary N) is 2. The molecule has 6 nitrogen and oxygen atoms in total. The molecule has 0 bridgehead atoms. The van der Waals surface area contributed by atoms with Gasteiger partial charge in [0.1, 0.15) is 17.5 Å². The fraction of sp³-hybridized carbons (Fsp3) is 0.636. The van der Waals surface area contributed by atoms with E-state index in [4.69, 9.17) is 9.47 Å². The molecule has 1 aliphatic rings. The van der Waals surface area contributed by atoms with E-state index in [1.807, 2.05) is 0 Å². The Morgan fingerprint density at radius 1 is 1.21 bits per heavy atom. The molecule has 1 aromatic rings. The van der Waals surface area contributed by atoms with Crippen LogP contribution in [0.4, 0.5) is 5.69 Å². The molecule has 0 aromatic heterocycles. The van der Waals surface area contributed by atoms with Crippen LogP contribution in [0.2, 0.25) is 0 Å². The summed E-state index contributed by atoms with van der Waals surface area (Å²) in [4.78, 5) is 24.9. The second kappa shape index (κ2) is 11.6. The lowest BCUT2D eigenvalue weighted by Crippen LogP contribution is -2.42. The van der Waals surface area contributed by atoms with Crippen LogP contribution in [-0.4, -0.2) is 31.6 Å². The molecule has 156 valence electrons. The van der Waals surface area contributed by atoms with E-state index in [1.165, 1.54) is 19.3 Å². The molecule has 6 heteroatoms. The highest BCUT2D eigenvalue weighted by Gasteiger charge is 2.21. The minimum Gasteiger partial charge on any atom is -0.497 e. The zero-order valence-electron chi connectivity index (χ0n) is 17.4. The Balaban J connectivity index is 1.92. The first kappa shape index (κ1) is 22.1. The minimum atomic E-state index is -0.620. The SMILES string of the molecule is CCCCOc1ccc(OC)cc1NC(=O)C(C)NC(=O)CC1CCCCC1. The molecule has 0 radical (unpaired) electrons. The third-order valence-electron chi connectivity index (χ3n) is 5.17. The molecule has 2 amide bonds. The van der Waals surface area contributed by atoms with Gasteiger partial charge in [-0.25, -0.2) is 0 Å². The number of carbonyl (C=O) groups excluding carboxylic acids is 2. The molecule has 0 aliphatic heterocycles. The number of hydrogen-bond donors (Lipinski definition) is 2. The lowest BCUT2D eigenvalue weighted by atomic mass is 9.87. The van der Waals surface area contributed by atoms with Crippen LogP contribution < -0.4 is 20.1 Å². The van der Waals surface area contributed by atoms with Gasteiger partial charge in [0.15, 0.2) is 0 Å². The molecule has 1 fully saturated rings. The van der Waals surface area contributed by atoms with Gasteiger partial charge in [-0.1, -0.05) is 32.6 Å². The molecule has 1 aromatic carbocycles. The third kappa shape index (κ3) is 7.06. The predicted molar refractivity (Wildman–Crippen MR) is 111 cm³/mol. The minimum absolute atomic E-state index is 0.0559. The first-order chi connectivity index (χ1) is 13.5. The Kier molecular flexibility index (Phi) is 9.11. The number of methoxy groups -OCH3 is 1. The van der Waals surface area contributed by atoms with Crippen LogP contribution in [0.5, 0.6) is 11.5 Å². The fourth-order valence-electron chi connectivity index (χ4n) is 3.45. The van der Waals surface area contributed by atoms with Crippen LogP contribution in [-0.2, 0) is 9.59 Å². The number of benzene rings is 1. The Morgan fingerprint density at radius 3 is 2.64 bits per heavy atom. The average Bonchev–Trinajstić information content (AvgIpc) is 2.69. The average molecular weight is 391 g/mol. The second-order valence-electron chi connectivity index (χ2n) is 7.55. The van der Waals surface area contributed by atoms with Crippen LogP contribution in [0.3, 0.4) is 0 Å². The van der Waals surface area contributed by atoms with Gasteiger partial charge in [0.25, 0.3) is 0 Å². The van der Waals surface area contributed by atoms with Crippen molar-refractivity contribution >= 4 is 17.5 Å². The van der Waals surface area contributed by atoms with Gasteiger partial charge in [0, 0.05) is 12.5 Å². The normalized spacial score (nSPS) is 15.5. The first-order valence-electron chi connectivity index (χ1n) is 10.4. The molecule has 1 saturated carbocycles. The molecule has 1 atom stereocenters. The smallest absolute Gasteiger partial charge is 0.246 e. The number of rotatable bonds is 10. The summed E-state index contributed by atoms with van der Waals surface area (Å²) >= 11 is 0. The second-order valence-corrected chi connectivity index (χ2v) is 7.55. The largest absolute Gasteiger partial charge is 0.497 e. The fourth-order valence-corrected chi connectivity index (χ4v) is 3.45. The first-order valence-corrected chi connectivity index (χ1v) is 10.4. The van der Waals surface area contributed by atoms with Crippen molar-refractivity contribution < 1.29 is 19.1 Å². The summed E-state index contributed by atoms with van der Waals surface area (Å²) in [5.74, 6) is 1.35. The van der Waals surface area contributed by atoms with E-state index < -0.39 is 6.04 Å². The summed E-state index contributed by atoms with van der Waals surface area (Å²) in [6.07, 6.45) is 8.35. The van der Waals surface area contributed by atoms with E-state index in [0.29, 0.717) is 36.1 Å². The zero-order valence-corrected chi connectivity index (χ0v) is 17.4. The number of amides is 2. The van der Waals surface area contributed by atoms with Gasteiger partial charge in [-0.15, -0.1) is 0 Å². The molecule has 0 heterocycles. The Hall–Kier alpha value is -2.24. The molecule has 2 rings (SSSR count). The Bertz CT molecular complexity index is 641. The zero-order chi connectivity index (χ0) is 20.4. The predicted octanol–water partition coefficient (Wildman–Crippen LogP) is 4.29. The van der Waals surface area contributed by atoms with Crippen LogP contribution >= 0.6 is 0 Å². The van der Waals surface area contributed by atoms with Crippen molar-refractivity contribution in [1.29, 1.82) is 0 Å². The monoisotopic (exact) mass is 390 g/mol. The van der Waals surface area contributed by atoms with Crippen molar-refractivity contribution in [2.24, 2.45) is 5.92 Å². The van der Waals surface area contributed by atoms with Gasteiger partial charge in [-0.05, 0) is 44.2 Å². The van der Waals surface area contributed by atoms with Crippen LogP contribution in [0.25, 0.3) is 0 Å². The highest BCUT2D eigenvalue weighted by atomic mass is 16.5. The molecule has 0 spiro atoms. The van der Waals surface area contributed by atoms with Crippen LogP contribution in [0.15, 0.2) is 18.2 Å². The molecule has 1 unspecified atom stereocenters. The highest BCUT2D eigenvalue weighted by molar-refractivity contribution is 5.98. The van der Waals surface area contributed by atoms with Gasteiger partial charge < -0.3 is 20.1 Å². The van der Waals surface area contributed by atoms with E-state index >= 15 is 0 Å². The standard InChI is InChI=1S/C22H34N2O4/c1-4-5-13-28-20-12-11-18(27-3)15-19(20)24-22(26)16(2)23-21(25)14-17-9-7-6-8-10-17/h11-12,15-17H,4-10,13-14H2,1-3H3,(H,23,25)(H,24,26). The number of ether oxygens (including phenoxy) is 2. The van der Waals surface area contributed by atoms with Crippen molar-refractivity contribution in [2.45, 2.75) is 71.3 Å². The van der Waals surface area contributed by atoms with Crippen molar-refractivity contribution in [3.63, 3.8) is 0 Å². The van der Waals surface area contributed by atoms with E-state index in [-0.39, 0.29) is 11.8 Å². The summed E-state index contributed by atoms with van der Waals surface area (Å²) in [6.45, 7) is 4.38. The maximum absolute atomic E-state index is 12.6. The quantitative estimate of drug-likeness (QED) is 0.584. The van der Waals surface area contributed by atoms with E-state index in [9.17, 15) is 9.59 Å². The lowest BCUT2D eigenvalue weighted by molar-refractivity contribution is -0.127. The summed E-state index contributed by atoms with van der Waals surface area (Å²) in [6, 6.07) is 4.70. The Morgan fingerprint density at radius 2 is 1.96 bits per heavy atom. The van der Waals surface area contributed by atoms with Crippen molar-refractivity contribution in [1.82, 2.24) is 5.32 Å². The molecule has 2 N–H and O–H groups in total. The van der Waals surface area contributed by atoms with Crippen molar-refractivity contribution in [3.05, 3.63) is 18.2 Å². The third-order valence-corrected chi connectivity index (χ3v) is 5.17. The van der Waals surface area contributed by atoms with Gasteiger partial charge in [0.2, 0.25) is 11.8 Å². The van der Waals surface area contributed by atoms with Crippen molar-refractivity contribution in [2.75, 3.05) is 19.0 Å². The number of unbranched alkanes of at least 4 members (excludes halogenated alkanes) is 1. The molecule has 28 heavy (non-hydrogen) atoms. The highest BCUT2D eigenvalue weighted by Crippen LogP contribution is 2.30. The van der Waals surface area contributed by atoms with Gasteiger partial charge in [-0.2, -0.15) is 0 Å². The summed E-state index contributed by atoms with van der Waals surface area (Å²) in [5, 5.41) is 5.69. The van der Waals surface area contributed by atoms with Gasteiger partial charge in [-0.3, -0.25) is 9.59 Å². The summed E-state index contributed by atoms with van der Waals surface area (Å²) in [7, 11) is 1.58. The van der Waals surface area contributed by atoms with Crippen LogP contribution in [0, 0.1) is 5.92 Å². The summed E-state index contributed by atoms with van der Waals surface area (Å²) in [5.41, 5.74) is 0.550. The van der Waals surface area contributed by atoms with Gasteiger partial charge in [0.05, 0.1) is 19.4 Å². The molecular weight excluding hydrogens is 356 g/mol. The van der Waals surface area contributed by atoms with E-state index in [1.54, 1.807) is 32.2 Å². The van der Waals surface area contributed by atoms with Gasteiger partial charge >= 0.3 is 0 Å². The molecule has 0 saturated heterocycles.